The molecule has 1 aliphatic heterocycles. The maximum atomic E-state index is 5.80. The summed E-state index contributed by atoms with van der Waals surface area (Å²) >= 11 is 3.61. The van der Waals surface area contributed by atoms with Crippen LogP contribution in [0.2, 0.25) is 0 Å². The quantitative estimate of drug-likeness (QED) is 0.872. The molecule has 1 fully saturated rings. The van der Waals surface area contributed by atoms with Gasteiger partial charge in [0.05, 0.1) is 6.10 Å². The van der Waals surface area contributed by atoms with Crippen LogP contribution in [-0.2, 0) is 4.74 Å². The zero-order chi connectivity index (χ0) is 13.8. The molecule has 2 nitrogen and oxygen atoms in total. The summed E-state index contributed by atoms with van der Waals surface area (Å²) < 4.78 is 6.99. The SMILES string of the molecule is CCNC(CC1CCCO1)c1cc(C)c(Br)cc1C. The summed E-state index contributed by atoms with van der Waals surface area (Å²) in [5.74, 6) is 0. The third-order valence-corrected chi connectivity index (χ3v) is 4.75. The number of hydrogen-bond donors (Lipinski definition) is 1. The number of hydrogen-bond acceptors (Lipinski definition) is 2. The van der Waals surface area contributed by atoms with Gasteiger partial charge in [-0.2, -0.15) is 0 Å². The summed E-state index contributed by atoms with van der Waals surface area (Å²) in [4.78, 5) is 0. The molecule has 0 bridgehead atoms. The topological polar surface area (TPSA) is 21.3 Å². The second-order valence-electron chi connectivity index (χ2n) is 5.44. The number of ether oxygens (including phenoxy) is 1. The Morgan fingerprint density at radius 1 is 1.37 bits per heavy atom. The second kappa shape index (κ2) is 6.87. The first-order chi connectivity index (χ1) is 9.11. The van der Waals surface area contributed by atoms with Gasteiger partial charge in [-0.1, -0.05) is 28.9 Å². The van der Waals surface area contributed by atoms with E-state index in [1.165, 1.54) is 34.0 Å². The molecule has 2 unspecified atom stereocenters. The maximum absolute atomic E-state index is 5.80. The van der Waals surface area contributed by atoms with Crippen LogP contribution in [0.15, 0.2) is 16.6 Å². The number of benzene rings is 1. The van der Waals surface area contributed by atoms with Gasteiger partial charge in [-0.15, -0.1) is 0 Å². The standard InChI is InChI=1S/C16H24BrNO/c1-4-18-16(10-13-6-5-7-19-13)14-8-12(3)15(17)9-11(14)2/h8-9,13,16,18H,4-7,10H2,1-3H3. The normalized spacial score (nSPS) is 20.7. The van der Waals surface area contributed by atoms with Crippen molar-refractivity contribution in [2.75, 3.05) is 13.2 Å². The number of rotatable bonds is 5. The van der Waals surface area contributed by atoms with Gasteiger partial charge in [0, 0.05) is 17.1 Å². The molecule has 19 heavy (non-hydrogen) atoms. The van der Waals surface area contributed by atoms with E-state index >= 15 is 0 Å². The Kier molecular flexibility index (Phi) is 5.43. The first-order valence-corrected chi connectivity index (χ1v) is 8.02. The Balaban J connectivity index is 2.19. The molecule has 2 rings (SSSR count). The van der Waals surface area contributed by atoms with Gasteiger partial charge in [-0.05, 0) is 62.4 Å². The highest BCUT2D eigenvalue weighted by Crippen LogP contribution is 2.30. The minimum absolute atomic E-state index is 0.403. The van der Waals surface area contributed by atoms with Crippen molar-refractivity contribution in [3.05, 3.63) is 33.3 Å². The van der Waals surface area contributed by atoms with Gasteiger partial charge in [0.2, 0.25) is 0 Å². The summed E-state index contributed by atoms with van der Waals surface area (Å²) in [6, 6.07) is 4.94. The van der Waals surface area contributed by atoms with Crippen LogP contribution in [0.5, 0.6) is 0 Å². The second-order valence-corrected chi connectivity index (χ2v) is 6.29. The van der Waals surface area contributed by atoms with Gasteiger partial charge in [0.25, 0.3) is 0 Å². The smallest absolute Gasteiger partial charge is 0.0594 e. The molecule has 1 saturated heterocycles. The van der Waals surface area contributed by atoms with Crippen molar-refractivity contribution in [2.24, 2.45) is 0 Å². The van der Waals surface area contributed by atoms with Gasteiger partial charge in [0.15, 0.2) is 0 Å². The molecule has 1 aromatic carbocycles. The largest absolute Gasteiger partial charge is 0.378 e. The summed E-state index contributed by atoms with van der Waals surface area (Å²) in [5.41, 5.74) is 4.07. The van der Waals surface area contributed by atoms with Crippen molar-refractivity contribution < 1.29 is 4.74 Å². The molecule has 1 aromatic rings. The highest BCUT2D eigenvalue weighted by molar-refractivity contribution is 9.10. The first-order valence-electron chi connectivity index (χ1n) is 7.23. The predicted octanol–water partition coefficient (Wildman–Crippen LogP) is 4.29. The van der Waals surface area contributed by atoms with Gasteiger partial charge in [-0.25, -0.2) is 0 Å². The van der Waals surface area contributed by atoms with Gasteiger partial charge >= 0.3 is 0 Å². The van der Waals surface area contributed by atoms with E-state index in [1.807, 2.05) is 0 Å². The lowest BCUT2D eigenvalue weighted by Gasteiger charge is -2.24. The molecule has 2 atom stereocenters. The average Bonchev–Trinajstić information content (AvgIpc) is 2.86. The van der Waals surface area contributed by atoms with Crippen LogP contribution in [-0.4, -0.2) is 19.3 Å². The monoisotopic (exact) mass is 325 g/mol. The van der Waals surface area contributed by atoms with E-state index in [0.29, 0.717) is 12.1 Å². The van der Waals surface area contributed by atoms with E-state index in [1.54, 1.807) is 0 Å². The summed E-state index contributed by atoms with van der Waals surface area (Å²) in [6.07, 6.45) is 3.92. The van der Waals surface area contributed by atoms with E-state index in [-0.39, 0.29) is 0 Å². The molecule has 0 saturated carbocycles. The Labute approximate surface area is 125 Å². The van der Waals surface area contributed by atoms with E-state index in [4.69, 9.17) is 4.74 Å². The van der Waals surface area contributed by atoms with Crippen LogP contribution in [0, 0.1) is 13.8 Å². The van der Waals surface area contributed by atoms with Crippen molar-refractivity contribution in [3.63, 3.8) is 0 Å². The average molecular weight is 326 g/mol. The zero-order valence-electron chi connectivity index (χ0n) is 12.1. The van der Waals surface area contributed by atoms with Gasteiger partial charge in [-0.3, -0.25) is 0 Å². The first kappa shape index (κ1) is 15.0. The van der Waals surface area contributed by atoms with Crippen molar-refractivity contribution >= 4 is 15.9 Å². The third kappa shape index (κ3) is 3.80. The van der Waals surface area contributed by atoms with Crippen LogP contribution in [0.1, 0.15) is 48.9 Å². The molecule has 1 aliphatic rings. The molecule has 106 valence electrons. The van der Waals surface area contributed by atoms with E-state index in [9.17, 15) is 0 Å². The van der Waals surface area contributed by atoms with E-state index < -0.39 is 0 Å². The highest BCUT2D eigenvalue weighted by atomic mass is 79.9. The molecule has 0 aliphatic carbocycles. The number of halogens is 1. The molecular formula is C16H24BrNO. The Hall–Kier alpha value is -0.380. The van der Waals surface area contributed by atoms with Crippen LogP contribution < -0.4 is 5.32 Å². The molecule has 1 N–H and O–H groups in total. The summed E-state index contributed by atoms with van der Waals surface area (Å²) in [7, 11) is 0. The molecular weight excluding hydrogens is 302 g/mol. The molecule has 0 radical (unpaired) electrons. The summed E-state index contributed by atoms with van der Waals surface area (Å²) in [5, 5.41) is 3.62. The fourth-order valence-corrected chi connectivity index (χ4v) is 3.30. The van der Waals surface area contributed by atoms with Crippen molar-refractivity contribution in [3.8, 4) is 0 Å². The number of aryl methyl sites for hydroxylation is 2. The maximum Gasteiger partial charge on any atom is 0.0594 e. The Bertz CT molecular complexity index is 427. The van der Waals surface area contributed by atoms with E-state index in [0.717, 1.165) is 19.6 Å². The Morgan fingerprint density at radius 2 is 2.16 bits per heavy atom. The zero-order valence-corrected chi connectivity index (χ0v) is 13.7. The lowest BCUT2D eigenvalue weighted by atomic mass is 9.94. The van der Waals surface area contributed by atoms with Crippen LogP contribution in [0.3, 0.4) is 0 Å². The fourth-order valence-electron chi connectivity index (χ4n) is 2.84. The van der Waals surface area contributed by atoms with Crippen molar-refractivity contribution in [2.45, 2.75) is 52.2 Å². The van der Waals surface area contributed by atoms with Crippen LogP contribution in [0.4, 0.5) is 0 Å². The minimum Gasteiger partial charge on any atom is -0.378 e. The summed E-state index contributed by atoms with van der Waals surface area (Å²) in [6.45, 7) is 8.44. The lowest BCUT2D eigenvalue weighted by Crippen LogP contribution is -2.26. The highest BCUT2D eigenvalue weighted by Gasteiger charge is 2.22. The fraction of sp³-hybridized carbons (Fsp3) is 0.625. The third-order valence-electron chi connectivity index (χ3n) is 3.90. The molecule has 0 aromatic heterocycles. The van der Waals surface area contributed by atoms with Crippen molar-refractivity contribution in [1.29, 1.82) is 0 Å². The molecule has 0 amide bonds. The minimum atomic E-state index is 0.403. The predicted molar refractivity (Wildman–Crippen MR) is 83.6 cm³/mol. The van der Waals surface area contributed by atoms with Crippen LogP contribution in [0.25, 0.3) is 0 Å². The van der Waals surface area contributed by atoms with Crippen LogP contribution >= 0.6 is 15.9 Å². The van der Waals surface area contributed by atoms with Gasteiger partial charge in [0.1, 0.15) is 0 Å². The molecule has 1 heterocycles. The molecule has 0 spiro atoms. The van der Waals surface area contributed by atoms with E-state index in [2.05, 4.69) is 54.2 Å². The van der Waals surface area contributed by atoms with Crippen molar-refractivity contribution in [1.82, 2.24) is 5.32 Å². The Morgan fingerprint density at radius 3 is 2.79 bits per heavy atom. The van der Waals surface area contributed by atoms with Gasteiger partial charge < -0.3 is 10.1 Å². The molecule has 3 heteroatoms. The number of nitrogens with one attached hydrogen (secondary N) is 1. The lowest BCUT2D eigenvalue weighted by molar-refractivity contribution is 0.0947.